The molecule has 0 saturated carbocycles. The Morgan fingerprint density at radius 1 is 1.73 bits per heavy atom. The lowest BCUT2D eigenvalue weighted by molar-refractivity contribution is -0.113. The number of primary amides is 1. The lowest BCUT2D eigenvalue weighted by atomic mass is 10.3. The van der Waals surface area contributed by atoms with Gasteiger partial charge in [-0.1, -0.05) is 17.4 Å². The van der Waals surface area contributed by atoms with Gasteiger partial charge in [-0.25, -0.2) is 0 Å². The van der Waals surface area contributed by atoms with Gasteiger partial charge in [0.05, 0.1) is 4.91 Å². The van der Waals surface area contributed by atoms with E-state index >= 15 is 0 Å². The first-order valence-electron chi connectivity index (χ1n) is 2.90. The Morgan fingerprint density at radius 3 is 3.09 bits per heavy atom. The van der Waals surface area contributed by atoms with Gasteiger partial charge in [0.15, 0.2) is 0 Å². The molecule has 0 atom stereocenters. The molecule has 0 spiro atoms. The minimum absolute atomic E-state index is 0. The van der Waals surface area contributed by atoms with Crippen LogP contribution in [0.4, 0.5) is 0 Å². The van der Waals surface area contributed by atoms with E-state index in [0.717, 1.165) is 5.57 Å². The normalized spacial score (nSPS) is 17.5. The van der Waals surface area contributed by atoms with Crippen LogP contribution >= 0.6 is 21.6 Å². The molecule has 0 bridgehead atoms. The third-order valence-electron chi connectivity index (χ3n) is 1.03. The molecule has 0 unspecified atom stereocenters. The van der Waals surface area contributed by atoms with Crippen LogP contribution in [0.3, 0.4) is 0 Å². The number of carbonyl (C=O) groups excluding carboxylic acids is 1. The number of amides is 1. The molecule has 1 rings (SSSR count). The second kappa shape index (κ2) is 3.69. The SMILES string of the molecule is C=C1C=CSSC(C(N)=O)=C1.[HH]. The van der Waals surface area contributed by atoms with Crippen molar-refractivity contribution in [2.24, 2.45) is 5.73 Å². The molecule has 60 valence electrons. The molecule has 1 aliphatic heterocycles. The zero-order chi connectivity index (χ0) is 8.27. The van der Waals surface area contributed by atoms with Crippen molar-refractivity contribution < 1.29 is 6.22 Å². The number of rotatable bonds is 1. The van der Waals surface area contributed by atoms with E-state index < -0.39 is 5.91 Å². The molecule has 2 N–H and O–H groups in total. The minimum atomic E-state index is -0.396. The number of carbonyl (C=O) groups is 1. The Labute approximate surface area is 74.5 Å². The molecule has 0 aromatic rings. The second-order valence-electron chi connectivity index (χ2n) is 1.93. The fourth-order valence-electron chi connectivity index (χ4n) is 0.548. The van der Waals surface area contributed by atoms with E-state index in [1.54, 1.807) is 6.08 Å². The predicted octanol–water partition coefficient (Wildman–Crippen LogP) is 2.07. The fraction of sp³-hybridized carbons (Fsp3) is 0. The van der Waals surface area contributed by atoms with Crippen LogP contribution in [0.15, 0.2) is 34.6 Å². The van der Waals surface area contributed by atoms with E-state index in [0.29, 0.717) is 4.91 Å². The summed E-state index contributed by atoms with van der Waals surface area (Å²) >= 11 is 0. The molecule has 1 amide bonds. The maximum Gasteiger partial charge on any atom is 0.256 e. The highest BCUT2D eigenvalue weighted by Gasteiger charge is 2.07. The van der Waals surface area contributed by atoms with E-state index in [2.05, 4.69) is 6.58 Å². The van der Waals surface area contributed by atoms with Crippen molar-refractivity contribution in [1.29, 1.82) is 0 Å². The summed E-state index contributed by atoms with van der Waals surface area (Å²) in [4.78, 5) is 11.2. The van der Waals surface area contributed by atoms with Gasteiger partial charge in [-0.2, -0.15) is 0 Å². The standard InChI is InChI=1S/C7H7NOS2.H2/c1-5-2-3-10-11-6(4-5)7(8)9;/h2-4H,1H2,(H2,8,9);1H. The van der Waals surface area contributed by atoms with E-state index in [4.69, 9.17) is 5.73 Å². The average molecular weight is 187 g/mol. The van der Waals surface area contributed by atoms with Crippen molar-refractivity contribution in [2.45, 2.75) is 0 Å². The molecule has 0 aliphatic carbocycles. The fourth-order valence-corrected chi connectivity index (χ4v) is 2.25. The van der Waals surface area contributed by atoms with Crippen LogP contribution in [0.2, 0.25) is 0 Å². The summed E-state index contributed by atoms with van der Waals surface area (Å²) in [5.74, 6) is -0.396. The molecule has 1 aliphatic rings. The topological polar surface area (TPSA) is 43.1 Å². The minimum Gasteiger partial charge on any atom is -0.365 e. The number of hydrogen-bond acceptors (Lipinski definition) is 3. The van der Waals surface area contributed by atoms with Crippen LogP contribution in [0.5, 0.6) is 0 Å². The van der Waals surface area contributed by atoms with Gasteiger partial charge >= 0.3 is 0 Å². The average Bonchev–Trinajstić information content (AvgIpc) is 2.13. The predicted molar refractivity (Wildman–Crippen MR) is 52.9 cm³/mol. The van der Waals surface area contributed by atoms with Crippen molar-refractivity contribution in [2.75, 3.05) is 0 Å². The summed E-state index contributed by atoms with van der Waals surface area (Å²) in [6.07, 6.45) is 3.52. The summed E-state index contributed by atoms with van der Waals surface area (Å²) in [6, 6.07) is 0. The van der Waals surface area contributed by atoms with Gasteiger partial charge in [-0.15, -0.1) is 0 Å². The molecule has 0 fully saturated rings. The van der Waals surface area contributed by atoms with Gasteiger partial charge in [-0.05, 0) is 33.9 Å². The molecule has 0 radical (unpaired) electrons. The second-order valence-corrected chi connectivity index (χ2v) is 4.08. The lowest BCUT2D eigenvalue weighted by Crippen LogP contribution is -2.11. The first-order valence-corrected chi connectivity index (χ1v) is 5.12. The largest absolute Gasteiger partial charge is 0.365 e. The highest BCUT2D eigenvalue weighted by molar-refractivity contribution is 8.79. The Balaban J connectivity index is 0.00000121. The van der Waals surface area contributed by atoms with Crippen LogP contribution in [-0.2, 0) is 4.79 Å². The molecular formula is C7H9NOS2. The lowest BCUT2D eigenvalue weighted by Gasteiger charge is -1.95. The summed E-state index contributed by atoms with van der Waals surface area (Å²) in [5, 5.41) is 1.87. The van der Waals surface area contributed by atoms with Gasteiger partial charge in [0.25, 0.3) is 5.91 Å². The van der Waals surface area contributed by atoms with Crippen LogP contribution in [0.1, 0.15) is 1.43 Å². The van der Waals surface area contributed by atoms with Crippen molar-refractivity contribution in [1.82, 2.24) is 0 Å². The first kappa shape index (κ1) is 8.49. The molecule has 0 saturated heterocycles. The van der Waals surface area contributed by atoms with E-state index in [9.17, 15) is 4.79 Å². The molecule has 4 heteroatoms. The van der Waals surface area contributed by atoms with E-state index in [-0.39, 0.29) is 1.43 Å². The third kappa shape index (κ3) is 2.48. The van der Waals surface area contributed by atoms with Crippen molar-refractivity contribution in [3.63, 3.8) is 0 Å². The zero-order valence-electron chi connectivity index (χ0n) is 5.74. The van der Waals surface area contributed by atoms with Crippen LogP contribution in [0.25, 0.3) is 0 Å². The Bertz CT molecular complexity index is 260. The highest BCUT2D eigenvalue weighted by atomic mass is 33.1. The number of allylic oxidation sites excluding steroid dienone is 3. The number of nitrogens with two attached hydrogens (primary N) is 1. The van der Waals surface area contributed by atoms with Crippen LogP contribution in [-0.4, -0.2) is 5.91 Å². The van der Waals surface area contributed by atoms with Crippen LogP contribution < -0.4 is 5.73 Å². The third-order valence-corrected chi connectivity index (χ3v) is 3.04. The van der Waals surface area contributed by atoms with Gasteiger partial charge in [0.1, 0.15) is 0 Å². The van der Waals surface area contributed by atoms with E-state index in [1.807, 2.05) is 11.5 Å². The summed E-state index contributed by atoms with van der Waals surface area (Å²) in [7, 11) is 2.81. The maximum absolute atomic E-state index is 10.7. The van der Waals surface area contributed by atoms with Crippen molar-refractivity contribution >= 4 is 27.5 Å². The smallest absolute Gasteiger partial charge is 0.256 e. The summed E-state index contributed by atoms with van der Waals surface area (Å²) in [6.45, 7) is 3.71. The van der Waals surface area contributed by atoms with Gasteiger partial charge < -0.3 is 5.73 Å². The van der Waals surface area contributed by atoms with Crippen molar-refractivity contribution in [3.8, 4) is 0 Å². The Kier molecular flexibility index (Phi) is 2.84. The molecule has 0 aromatic heterocycles. The van der Waals surface area contributed by atoms with Gasteiger partial charge in [-0.3, -0.25) is 4.79 Å². The first-order chi connectivity index (χ1) is 5.20. The molecular weight excluding hydrogens is 178 g/mol. The van der Waals surface area contributed by atoms with Gasteiger partial charge in [0.2, 0.25) is 0 Å². The quantitative estimate of drug-likeness (QED) is 0.639. The maximum atomic E-state index is 10.7. The van der Waals surface area contributed by atoms with E-state index in [1.165, 1.54) is 21.6 Å². The monoisotopic (exact) mass is 187 g/mol. The summed E-state index contributed by atoms with van der Waals surface area (Å²) < 4.78 is 0. The molecule has 1 heterocycles. The number of hydrogen-bond donors (Lipinski definition) is 1. The highest BCUT2D eigenvalue weighted by Crippen LogP contribution is 2.34. The van der Waals surface area contributed by atoms with Crippen molar-refractivity contribution in [3.05, 3.63) is 34.6 Å². The molecule has 11 heavy (non-hydrogen) atoms. The molecule has 0 aromatic carbocycles. The zero-order valence-corrected chi connectivity index (χ0v) is 7.37. The molecule has 2 nitrogen and oxygen atoms in total. The summed E-state index contributed by atoms with van der Waals surface area (Å²) in [5.41, 5.74) is 5.89. The Hall–Kier alpha value is -0.610. The van der Waals surface area contributed by atoms with Gasteiger partial charge in [0, 0.05) is 1.43 Å². The van der Waals surface area contributed by atoms with Crippen LogP contribution in [0, 0.1) is 0 Å². The Morgan fingerprint density at radius 2 is 2.45 bits per heavy atom.